The van der Waals surface area contributed by atoms with E-state index in [9.17, 15) is 10.1 Å². The van der Waals surface area contributed by atoms with Gasteiger partial charge in [0, 0.05) is 24.4 Å². The molecule has 4 rings (SSSR count). The maximum atomic E-state index is 13.2. The molecule has 0 aliphatic heterocycles. The number of rotatable bonds is 4. The first-order valence-corrected chi connectivity index (χ1v) is 10.1. The number of fused-ring (bicyclic) bond motifs is 1. The molecule has 4 aromatic rings. The van der Waals surface area contributed by atoms with Crippen LogP contribution in [0, 0.1) is 25.2 Å². The summed E-state index contributed by atoms with van der Waals surface area (Å²) in [5.74, 6) is 0.494. The molecular weight excluding hydrogens is 414 g/mol. The minimum absolute atomic E-state index is 0.0804. The van der Waals surface area contributed by atoms with Gasteiger partial charge in [-0.15, -0.1) is 0 Å². The Kier molecular flexibility index (Phi) is 5.25. The van der Waals surface area contributed by atoms with Crippen molar-refractivity contribution < 1.29 is 4.42 Å². The zero-order valence-corrected chi connectivity index (χ0v) is 18.3. The van der Waals surface area contributed by atoms with E-state index in [4.69, 9.17) is 16.0 Å². The van der Waals surface area contributed by atoms with Gasteiger partial charge < -0.3 is 9.73 Å². The third-order valence-corrected chi connectivity index (χ3v) is 5.38. The van der Waals surface area contributed by atoms with Crippen molar-refractivity contribution in [3.05, 3.63) is 74.4 Å². The molecule has 0 fully saturated rings. The first-order valence-electron chi connectivity index (χ1n) is 9.68. The van der Waals surface area contributed by atoms with E-state index in [0.717, 1.165) is 16.7 Å². The van der Waals surface area contributed by atoms with Crippen molar-refractivity contribution in [3.63, 3.8) is 0 Å². The number of aromatic nitrogens is 3. The summed E-state index contributed by atoms with van der Waals surface area (Å²) in [6.07, 6.45) is 3.48. The van der Waals surface area contributed by atoms with Crippen molar-refractivity contribution in [2.45, 2.75) is 26.8 Å². The van der Waals surface area contributed by atoms with Gasteiger partial charge in [-0.3, -0.25) is 9.48 Å². The summed E-state index contributed by atoms with van der Waals surface area (Å²) < 4.78 is 7.96. The number of nitrogens with zero attached hydrogens (tertiary/aromatic N) is 4. The summed E-state index contributed by atoms with van der Waals surface area (Å²) in [5, 5.41) is 17.7. The summed E-state index contributed by atoms with van der Waals surface area (Å²) in [5.41, 5.74) is 4.18. The number of aryl methyl sites for hydroxylation is 2. The van der Waals surface area contributed by atoms with E-state index in [1.807, 2.05) is 39.2 Å². The van der Waals surface area contributed by atoms with Gasteiger partial charge in [-0.25, -0.2) is 4.98 Å². The maximum Gasteiger partial charge on any atom is 0.196 e. The molecule has 0 amide bonds. The van der Waals surface area contributed by atoms with E-state index in [2.05, 4.69) is 21.5 Å². The van der Waals surface area contributed by atoms with Gasteiger partial charge >= 0.3 is 0 Å². The van der Waals surface area contributed by atoms with E-state index in [0.29, 0.717) is 28.0 Å². The largest absolute Gasteiger partial charge is 0.455 e. The second-order valence-electron chi connectivity index (χ2n) is 7.53. The molecule has 0 aliphatic carbocycles. The molecule has 3 heterocycles. The Balaban J connectivity index is 1.89. The van der Waals surface area contributed by atoms with Crippen molar-refractivity contribution in [2.24, 2.45) is 7.05 Å². The molecule has 1 unspecified atom stereocenters. The van der Waals surface area contributed by atoms with Gasteiger partial charge in [-0.1, -0.05) is 17.7 Å². The number of nitrogens with one attached hydrogen (secondary N) is 1. The number of hydrogen-bond acceptors (Lipinski definition) is 6. The van der Waals surface area contributed by atoms with Crippen molar-refractivity contribution in [2.75, 3.05) is 5.32 Å². The van der Waals surface area contributed by atoms with Gasteiger partial charge in [-0.2, -0.15) is 10.4 Å². The number of hydrogen-bond donors (Lipinski definition) is 1. The monoisotopic (exact) mass is 433 g/mol. The van der Waals surface area contributed by atoms with Crippen LogP contribution in [0.3, 0.4) is 0 Å². The predicted octanol–water partition coefficient (Wildman–Crippen LogP) is 4.90. The highest BCUT2D eigenvalue weighted by Gasteiger charge is 2.20. The quantitative estimate of drug-likeness (QED) is 0.459. The van der Waals surface area contributed by atoms with Gasteiger partial charge in [0.1, 0.15) is 22.6 Å². The lowest BCUT2D eigenvalue weighted by Crippen LogP contribution is -2.13. The molecule has 1 atom stereocenters. The van der Waals surface area contributed by atoms with Crippen LogP contribution in [0.5, 0.6) is 0 Å². The number of anilines is 1. The van der Waals surface area contributed by atoms with Crippen LogP contribution in [-0.4, -0.2) is 14.8 Å². The highest BCUT2D eigenvalue weighted by atomic mass is 35.5. The topological polar surface area (TPSA) is 96.7 Å². The Morgan fingerprint density at radius 1 is 1.29 bits per heavy atom. The smallest absolute Gasteiger partial charge is 0.196 e. The van der Waals surface area contributed by atoms with E-state index < -0.39 is 0 Å². The molecule has 156 valence electrons. The normalized spacial score (nSPS) is 12.0. The minimum atomic E-state index is -0.273. The second kappa shape index (κ2) is 7.89. The fourth-order valence-electron chi connectivity index (χ4n) is 3.65. The third kappa shape index (κ3) is 3.78. The maximum absolute atomic E-state index is 13.2. The van der Waals surface area contributed by atoms with Crippen LogP contribution in [0.15, 0.2) is 45.9 Å². The fourth-order valence-corrected chi connectivity index (χ4v) is 3.80. The molecule has 0 aliphatic rings. The van der Waals surface area contributed by atoms with Crippen molar-refractivity contribution in [3.8, 4) is 17.4 Å². The third-order valence-electron chi connectivity index (χ3n) is 5.16. The summed E-state index contributed by atoms with van der Waals surface area (Å²) in [7, 11) is 1.81. The number of pyridine rings is 1. The Morgan fingerprint density at radius 3 is 2.74 bits per heavy atom. The van der Waals surface area contributed by atoms with E-state index in [-0.39, 0.29) is 22.3 Å². The SMILES string of the molecule is Cc1cc(C(C)Nc2ccc(Cl)nc2C#N)c2oc(-c3cnn(C)c3)c(C)c(=O)c2c1. The summed E-state index contributed by atoms with van der Waals surface area (Å²) in [6, 6.07) is 8.92. The predicted molar refractivity (Wildman–Crippen MR) is 120 cm³/mol. The first kappa shape index (κ1) is 20.6. The Morgan fingerprint density at radius 2 is 2.06 bits per heavy atom. The average Bonchev–Trinajstić information content (AvgIpc) is 3.17. The van der Waals surface area contributed by atoms with Crippen LogP contribution in [0.2, 0.25) is 5.15 Å². The van der Waals surface area contributed by atoms with Crippen LogP contribution < -0.4 is 10.7 Å². The van der Waals surface area contributed by atoms with Crippen molar-refractivity contribution >= 4 is 28.3 Å². The van der Waals surface area contributed by atoms with E-state index in [1.54, 1.807) is 29.9 Å². The molecule has 0 saturated carbocycles. The number of benzene rings is 1. The van der Waals surface area contributed by atoms with Crippen molar-refractivity contribution in [1.82, 2.24) is 14.8 Å². The average molecular weight is 434 g/mol. The second-order valence-corrected chi connectivity index (χ2v) is 7.91. The summed E-state index contributed by atoms with van der Waals surface area (Å²) in [4.78, 5) is 17.2. The van der Waals surface area contributed by atoms with Gasteiger partial charge in [0.2, 0.25) is 0 Å². The molecule has 0 radical (unpaired) electrons. The van der Waals surface area contributed by atoms with Gasteiger partial charge in [0.25, 0.3) is 0 Å². The molecule has 0 spiro atoms. The molecule has 0 saturated heterocycles. The van der Waals surface area contributed by atoms with Crippen LogP contribution in [0.4, 0.5) is 5.69 Å². The van der Waals surface area contributed by atoms with Gasteiger partial charge in [-0.05, 0) is 44.5 Å². The zero-order valence-electron chi connectivity index (χ0n) is 17.5. The number of halogens is 1. The van der Waals surface area contributed by atoms with Crippen LogP contribution in [-0.2, 0) is 7.05 Å². The lowest BCUT2D eigenvalue weighted by molar-refractivity contribution is 0.605. The Hall–Kier alpha value is -3.63. The summed E-state index contributed by atoms with van der Waals surface area (Å²) >= 11 is 5.91. The van der Waals surface area contributed by atoms with Crippen LogP contribution >= 0.6 is 11.6 Å². The lowest BCUT2D eigenvalue weighted by Gasteiger charge is -2.19. The molecule has 7 nitrogen and oxygen atoms in total. The fraction of sp³-hybridized carbons (Fsp3) is 0.217. The molecule has 0 bridgehead atoms. The van der Waals surface area contributed by atoms with E-state index >= 15 is 0 Å². The molecular formula is C23H20ClN5O2. The first-order chi connectivity index (χ1) is 14.8. The Bertz CT molecular complexity index is 1410. The zero-order chi connectivity index (χ0) is 22.3. The highest BCUT2D eigenvalue weighted by Crippen LogP contribution is 2.32. The van der Waals surface area contributed by atoms with Crippen molar-refractivity contribution in [1.29, 1.82) is 5.26 Å². The Labute approximate surface area is 183 Å². The number of nitriles is 1. The van der Waals surface area contributed by atoms with Crippen LogP contribution in [0.1, 0.15) is 35.3 Å². The lowest BCUT2D eigenvalue weighted by atomic mass is 9.99. The van der Waals surface area contributed by atoms with Crippen LogP contribution in [0.25, 0.3) is 22.3 Å². The minimum Gasteiger partial charge on any atom is -0.455 e. The summed E-state index contributed by atoms with van der Waals surface area (Å²) in [6.45, 7) is 5.63. The standard InChI is InChI=1S/C23H20ClN5O2/c1-12-7-16(14(3)27-18-5-6-20(24)28-19(18)9-25)23-17(8-12)21(30)13(2)22(31-23)15-10-26-29(4)11-15/h5-8,10-11,14,27H,1-4H3. The molecule has 31 heavy (non-hydrogen) atoms. The van der Waals surface area contributed by atoms with E-state index in [1.165, 1.54) is 0 Å². The molecule has 1 aromatic carbocycles. The molecule has 3 aromatic heterocycles. The molecule has 8 heteroatoms. The molecule has 1 N–H and O–H groups in total. The highest BCUT2D eigenvalue weighted by molar-refractivity contribution is 6.29. The van der Waals surface area contributed by atoms with Gasteiger partial charge in [0.05, 0.1) is 28.9 Å². The van der Waals surface area contributed by atoms with Gasteiger partial charge in [0.15, 0.2) is 11.1 Å².